The quantitative estimate of drug-likeness (QED) is 0.594. The third-order valence-electron chi connectivity index (χ3n) is 3.62. The van der Waals surface area contributed by atoms with E-state index in [-0.39, 0.29) is 11.6 Å². The van der Waals surface area contributed by atoms with Gasteiger partial charge in [-0.2, -0.15) is 4.98 Å². The van der Waals surface area contributed by atoms with Crippen LogP contribution in [0.25, 0.3) is 10.9 Å². The van der Waals surface area contributed by atoms with Crippen LogP contribution in [-0.2, 0) is 0 Å². The van der Waals surface area contributed by atoms with Gasteiger partial charge in [-0.1, -0.05) is 18.2 Å². The molecule has 2 heterocycles. The molecule has 122 valence electrons. The van der Waals surface area contributed by atoms with Gasteiger partial charge in [-0.3, -0.25) is 14.8 Å². The number of pyridine rings is 1. The summed E-state index contributed by atoms with van der Waals surface area (Å²) >= 11 is 0. The number of hydrogen-bond donors (Lipinski definition) is 2. The number of nitrogens with one attached hydrogen (secondary N) is 2. The van der Waals surface area contributed by atoms with Gasteiger partial charge in [-0.25, -0.2) is 0 Å². The number of ether oxygens (including phenoxy) is 1. The monoisotopic (exact) mass is 330 g/mol. The number of nitrogens with zero attached hydrogens (tertiary/aromatic N) is 2. The maximum absolute atomic E-state index is 12.0. The van der Waals surface area contributed by atoms with Gasteiger partial charge in [-0.15, -0.1) is 0 Å². The van der Waals surface area contributed by atoms with E-state index in [9.17, 15) is 4.79 Å². The highest BCUT2D eigenvalue weighted by Gasteiger charge is 2.05. The Bertz CT molecular complexity index is 1060. The molecule has 25 heavy (non-hydrogen) atoms. The first kappa shape index (κ1) is 14.9. The maximum Gasteiger partial charge on any atom is 0.302 e. The zero-order valence-corrected chi connectivity index (χ0v) is 13.1. The van der Waals surface area contributed by atoms with E-state index in [0.717, 1.165) is 11.4 Å². The van der Waals surface area contributed by atoms with Crippen LogP contribution >= 0.6 is 0 Å². The van der Waals surface area contributed by atoms with Crippen molar-refractivity contribution in [1.82, 2.24) is 15.0 Å². The van der Waals surface area contributed by atoms with Gasteiger partial charge in [0, 0.05) is 17.6 Å². The average molecular weight is 330 g/mol. The second-order valence-corrected chi connectivity index (χ2v) is 5.38. The summed E-state index contributed by atoms with van der Waals surface area (Å²) in [6, 6.07) is 19.0. The molecule has 0 radical (unpaired) electrons. The van der Waals surface area contributed by atoms with E-state index in [1.807, 2.05) is 42.5 Å². The lowest BCUT2D eigenvalue weighted by atomic mass is 10.2. The maximum atomic E-state index is 12.0. The molecule has 0 spiro atoms. The minimum Gasteiger partial charge on any atom is -0.426 e. The Morgan fingerprint density at radius 1 is 0.920 bits per heavy atom. The first-order valence-corrected chi connectivity index (χ1v) is 7.72. The number of fused-ring (bicyclic) bond motifs is 1. The number of H-pyrrole nitrogens is 1. The van der Waals surface area contributed by atoms with Crippen LogP contribution < -0.4 is 15.6 Å². The fraction of sp³-hybridized carbons (Fsp3) is 0. The molecule has 2 aromatic carbocycles. The molecular formula is C19H14N4O2. The molecule has 0 saturated heterocycles. The summed E-state index contributed by atoms with van der Waals surface area (Å²) in [4.78, 5) is 22.9. The smallest absolute Gasteiger partial charge is 0.302 e. The molecule has 6 nitrogen and oxygen atoms in total. The third-order valence-corrected chi connectivity index (χ3v) is 3.62. The minimum absolute atomic E-state index is 0.134. The molecule has 4 aromatic rings. The van der Waals surface area contributed by atoms with Crippen molar-refractivity contribution in [1.29, 1.82) is 0 Å². The Morgan fingerprint density at radius 2 is 1.68 bits per heavy atom. The highest BCUT2D eigenvalue weighted by atomic mass is 16.5. The van der Waals surface area contributed by atoms with E-state index in [1.54, 1.807) is 24.4 Å². The summed E-state index contributed by atoms with van der Waals surface area (Å²) in [5.41, 5.74) is 2.17. The van der Waals surface area contributed by atoms with Crippen LogP contribution in [0.3, 0.4) is 0 Å². The summed E-state index contributed by atoms with van der Waals surface area (Å²) in [6.45, 7) is 0. The van der Waals surface area contributed by atoms with Gasteiger partial charge >= 0.3 is 6.01 Å². The van der Waals surface area contributed by atoms with E-state index >= 15 is 0 Å². The fourth-order valence-electron chi connectivity index (χ4n) is 2.42. The summed E-state index contributed by atoms with van der Waals surface area (Å²) in [5, 5.41) is 3.77. The van der Waals surface area contributed by atoms with Crippen molar-refractivity contribution in [3.05, 3.63) is 83.4 Å². The van der Waals surface area contributed by atoms with Crippen molar-refractivity contribution in [3.8, 4) is 11.8 Å². The van der Waals surface area contributed by atoms with Crippen LogP contribution in [-0.4, -0.2) is 15.0 Å². The lowest BCUT2D eigenvalue weighted by molar-refractivity contribution is 0.443. The number of benzene rings is 2. The van der Waals surface area contributed by atoms with E-state index in [2.05, 4.69) is 20.3 Å². The molecule has 0 aliphatic rings. The fourth-order valence-corrected chi connectivity index (χ4v) is 2.42. The molecule has 2 N–H and O–H groups in total. The van der Waals surface area contributed by atoms with Gasteiger partial charge in [0.2, 0.25) is 0 Å². The van der Waals surface area contributed by atoms with Crippen LogP contribution in [0.4, 0.5) is 11.4 Å². The number of aromatic amines is 1. The topological polar surface area (TPSA) is 79.9 Å². The van der Waals surface area contributed by atoms with Crippen molar-refractivity contribution >= 4 is 22.3 Å². The second-order valence-electron chi connectivity index (χ2n) is 5.38. The van der Waals surface area contributed by atoms with E-state index in [4.69, 9.17) is 4.74 Å². The van der Waals surface area contributed by atoms with Crippen LogP contribution in [0.2, 0.25) is 0 Å². The number of anilines is 2. The number of rotatable bonds is 4. The predicted octanol–water partition coefficient (Wildman–Crippen LogP) is 3.85. The van der Waals surface area contributed by atoms with E-state index in [1.165, 1.54) is 6.20 Å². The lowest BCUT2D eigenvalue weighted by Crippen LogP contribution is -2.09. The third kappa shape index (κ3) is 3.32. The van der Waals surface area contributed by atoms with Gasteiger partial charge in [0.05, 0.1) is 17.1 Å². The molecule has 6 heteroatoms. The van der Waals surface area contributed by atoms with Crippen LogP contribution in [0.1, 0.15) is 0 Å². The minimum atomic E-state index is -0.259. The molecular weight excluding hydrogens is 316 g/mol. The van der Waals surface area contributed by atoms with E-state index < -0.39 is 0 Å². The number of hydrogen-bond acceptors (Lipinski definition) is 5. The molecule has 0 fully saturated rings. The summed E-state index contributed by atoms with van der Waals surface area (Å²) < 4.78 is 5.65. The largest absolute Gasteiger partial charge is 0.426 e. The van der Waals surface area contributed by atoms with Crippen LogP contribution in [0.5, 0.6) is 11.8 Å². The Balaban J connectivity index is 1.54. The number of para-hydroxylation sites is 1. The molecule has 0 amide bonds. The molecule has 2 aromatic heterocycles. The van der Waals surface area contributed by atoms with E-state index in [0.29, 0.717) is 16.7 Å². The highest BCUT2D eigenvalue weighted by Crippen LogP contribution is 2.22. The SMILES string of the molecule is O=c1[nH]c(Oc2ccc(Nc3ccccc3)cc2)nc2cnccc12. The Morgan fingerprint density at radius 3 is 2.48 bits per heavy atom. The van der Waals surface area contributed by atoms with Gasteiger partial charge in [0.15, 0.2) is 0 Å². The molecule has 0 aliphatic carbocycles. The van der Waals surface area contributed by atoms with Crippen molar-refractivity contribution in [2.24, 2.45) is 0 Å². The molecule has 4 rings (SSSR count). The van der Waals surface area contributed by atoms with Crippen molar-refractivity contribution in [3.63, 3.8) is 0 Å². The summed E-state index contributed by atoms with van der Waals surface area (Å²) in [5.74, 6) is 0.574. The van der Waals surface area contributed by atoms with Crippen LogP contribution in [0, 0.1) is 0 Å². The van der Waals surface area contributed by atoms with Crippen molar-refractivity contribution < 1.29 is 4.74 Å². The second kappa shape index (κ2) is 6.45. The van der Waals surface area contributed by atoms with Gasteiger partial charge in [0.1, 0.15) is 5.75 Å². The first-order valence-electron chi connectivity index (χ1n) is 7.72. The molecule has 0 aliphatic heterocycles. The lowest BCUT2D eigenvalue weighted by Gasteiger charge is -2.08. The van der Waals surface area contributed by atoms with Gasteiger partial charge in [0.25, 0.3) is 5.56 Å². The number of aromatic nitrogens is 3. The normalized spacial score (nSPS) is 10.6. The Kier molecular flexibility index (Phi) is 3.84. The van der Waals surface area contributed by atoms with Crippen molar-refractivity contribution in [2.45, 2.75) is 0 Å². The Labute approximate surface area is 143 Å². The molecule has 0 bridgehead atoms. The van der Waals surface area contributed by atoms with Gasteiger partial charge in [-0.05, 0) is 42.5 Å². The Hall–Kier alpha value is -3.67. The average Bonchev–Trinajstić information content (AvgIpc) is 2.64. The first-order chi connectivity index (χ1) is 12.3. The zero-order chi connectivity index (χ0) is 17.1. The van der Waals surface area contributed by atoms with Crippen molar-refractivity contribution in [2.75, 3.05) is 5.32 Å². The predicted molar refractivity (Wildman–Crippen MR) is 96.4 cm³/mol. The molecule has 0 unspecified atom stereocenters. The van der Waals surface area contributed by atoms with Crippen LogP contribution in [0.15, 0.2) is 77.9 Å². The summed E-state index contributed by atoms with van der Waals surface area (Å²) in [6.07, 6.45) is 3.09. The standard InChI is InChI=1S/C19H14N4O2/c24-18-16-10-11-20-12-17(16)22-19(23-18)25-15-8-6-14(7-9-15)21-13-4-2-1-3-5-13/h1-12,21H,(H,22,23,24). The molecule has 0 atom stereocenters. The molecule has 0 saturated carbocycles. The zero-order valence-electron chi connectivity index (χ0n) is 13.1. The van der Waals surface area contributed by atoms with Gasteiger partial charge < -0.3 is 10.1 Å². The highest BCUT2D eigenvalue weighted by molar-refractivity contribution is 5.76. The summed E-state index contributed by atoms with van der Waals surface area (Å²) in [7, 11) is 0.